The van der Waals surface area contributed by atoms with Crippen molar-refractivity contribution in [3.63, 3.8) is 0 Å². The molecule has 0 saturated heterocycles. The van der Waals surface area contributed by atoms with Gasteiger partial charge in [-0.2, -0.15) is 0 Å². The molecule has 1 atom stereocenters. The number of unbranched alkanes of at least 4 members (excludes halogenated alkanes) is 6. The molecule has 0 amide bonds. The van der Waals surface area contributed by atoms with Crippen LogP contribution in [0.5, 0.6) is 0 Å². The van der Waals surface area contributed by atoms with E-state index < -0.39 is 0 Å². The summed E-state index contributed by atoms with van der Waals surface area (Å²) >= 11 is 0. The highest BCUT2D eigenvalue weighted by Gasteiger charge is 2.10. The van der Waals surface area contributed by atoms with Crippen molar-refractivity contribution in [2.24, 2.45) is 0 Å². The predicted molar refractivity (Wildman–Crippen MR) is 88.0 cm³/mol. The number of rotatable bonds is 12. The molecule has 1 rings (SSSR count). The van der Waals surface area contributed by atoms with Crippen molar-refractivity contribution in [3.05, 3.63) is 35.9 Å². The Hall–Kier alpha value is -0.820. The van der Waals surface area contributed by atoms with Crippen LogP contribution in [-0.2, 0) is 4.74 Å². The summed E-state index contributed by atoms with van der Waals surface area (Å²) in [6.45, 7) is 5.32. The molecule has 0 aromatic heterocycles. The van der Waals surface area contributed by atoms with Crippen LogP contribution in [0.15, 0.2) is 30.3 Å². The van der Waals surface area contributed by atoms with Crippen molar-refractivity contribution in [2.75, 3.05) is 6.61 Å². The van der Waals surface area contributed by atoms with E-state index in [-0.39, 0.29) is 0 Å². The van der Waals surface area contributed by atoms with Crippen LogP contribution in [0.2, 0.25) is 0 Å². The van der Waals surface area contributed by atoms with Gasteiger partial charge in [-0.25, -0.2) is 0 Å². The Morgan fingerprint density at radius 2 is 1.45 bits per heavy atom. The Bertz CT molecular complexity index is 307. The van der Waals surface area contributed by atoms with Gasteiger partial charge < -0.3 is 4.74 Å². The fourth-order valence-electron chi connectivity index (χ4n) is 2.56. The first kappa shape index (κ1) is 17.2. The maximum Gasteiger partial charge on any atom is 0.0824 e. The molecule has 114 valence electrons. The highest BCUT2D eigenvalue weighted by molar-refractivity contribution is 5.17. The monoisotopic (exact) mass is 276 g/mol. The van der Waals surface area contributed by atoms with E-state index in [1.807, 2.05) is 0 Å². The smallest absolute Gasteiger partial charge is 0.0824 e. The Morgan fingerprint density at radius 1 is 0.800 bits per heavy atom. The third kappa shape index (κ3) is 7.69. The summed E-state index contributed by atoms with van der Waals surface area (Å²) in [5.74, 6) is 0. The van der Waals surface area contributed by atoms with Gasteiger partial charge in [-0.05, 0) is 18.4 Å². The zero-order valence-electron chi connectivity index (χ0n) is 13.4. The maximum absolute atomic E-state index is 6.02. The molecule has 0 heterocycles. The van der Waals surface area contributed by atoms with Gasteiger partial charge in [-0.15, -0.1) is 0 Å². The van der Waals surface area contributed by atoms with Crippen LogP contribution in [0.1, 0.15) is 83.3 Å². The van der Waals surface area contributed by atoms with Crippen molar-refractivity contribution in [2.45, 2.75) is 77.7 Å². The summed E-state index contributed by atoms with van der Waals surface area (Å²) in [6.07, 6.45) is 12.1. The van der Waals surface area contributed by atoms with Crippen LogP contribution in [0.25, 0.3) is 0 Å². The molecule has 0 spiro atoms. The second kappa shape index (κ2) is 12.0. The minimum atomic E-state index is 0.298. The number of ether oxygens (including phenoxy) is 1. The Labute approximate surface area is 125 Å². The third-order valence-corrected chi connectivity index (χ3v) is 3.76. The lowest BCUT2D eigenvalue weighted by molar-refractivity contribution is 0.0451. The second-order valence-electron chi connectivity index (χ2n) is 5.68. The topological polar surface area (TPSA) is 9.23 Å². The first-order chi connectivity index (χ1) is 9.88. The average Bonchev–Trinajstić information content (AvgIpc) is 2.50. The molecule has 0 aliphatic carbocycles. The zero-order valence-corrected chi connectivity index (χ0v) is 13.4. The molecule has 0 saturated carbocycles. The fourth-order valence-corrected chi connectivity index (χ4v) is 2.56. The van der Waals surface area contributed by atoms with E-state index in [1.165, 1.54) is 50.5 Å². The molecule has 0 aliphatic heterocycles. The molecule has 1 unspecified atom stereocenters. The van der Waals surface area contributed by atoms with Crippen molar-refractivity contribution < 1.29 is 4.74 Å². The SMILES string of the molecule is CCCCCCCCCC(OCCC)c1ccccc1. The van der Waals surface area contributed by atoms with Gasteiger partial charge in [0.25, 0.3) is 0 Å². The quantitative estimate of drug-likeness (QED) is 0.407. The second-order valence-corrected chi connectivity index (χ2v) is 5.68. The first-order valence-corrected chi connectivity index (χ1v) is 8.55. The molecule has 1 aromatic carbocycles. The summed E-state index contributed by atoms with van der Waals surface area (Å²) in [6, 6.07) is 10.7. The van der Waals surface area contributed by atoms with Crippen LogP contribution in [-0.4, -0.2) is 6.61 Å². The first-order valence-electron chi connectivity index (χ1n) is 8.55. The highest BCUT2D eigenvalue weighted by Crippen LogP contribution is 2.24. The normalized spacial score (nSPS) is 12.5. The molecule has 0 radical (unpaired) electrons. The standard InChI is InChI=1S/C19H32O/c1-3-5-6-7-8-9-13-16-19(20-17-4-2)18-14-11-10-12-15-18/h10-12,14-15,19H,3-9,13,16-17H2,1-2H3. The minimum absolute atomic E-state index is 0.298. The van der Waals surface area contributed by atoms with Gasteiger partial charge >= 0.3 is 0 Å². The van der Waals surface area contributed by atoms with E-state index in [1.54, 1.807) is 0 Å². The molecule has 0 bridgehead atoms. The summed E-state index contributed by atoms with van der Waals surface area (Å²) in [5, 5.41) is 0. The average molecular weight is 276 g/mol. The Balaban J connectivity index is 2.24. The number of hydrogen-bond donors (Lipinski definition) is 0. The van der Waals surface area contributed by atoms with E-state index in [0.29, 0.717) is 6.10 Å². The molecule has 0 N–H and O–H groups in total. The lowest BCUT2D eigenvalue weighted by atomic mass is 10.0. The predicted octanol–water partition coefficient (Wildman–Crippen LogP) is 6.30. The van der Waals surface area contributed by atoms with Crippen molar-refractivity contribution in [1.29, 1.82) is 0 Å². The Morgan fingerprint density at radius 3 is 2.10 bits per heavy atom. The highest BCUT2D eigenvalue weighted by atomic mass is 16.5. The van der Waals surface area contributed by atoms with E-state index in [2.05, 4.69) is 44.2 Å². The van der Waals surface area contributed by atoms with Gasteiger partial charge in [0, 0.05) is 6.61 Å². The fraction of sp³-hybridized carbons (Fsp3) is 0.684. The lowest BCUT2D eigenvalue weighted by Crippen LogP contribution is -2.05. The van der Waals surface area contributed by atoms with Gasteiger partial charge in [0.2, 0.25) is 0 Å². The van der Waals surface area contributed by atoms with Gasteiger partial charge in [0.1, 0.15) is 0 Å². The van der Waals surface area contributed by atoms with E-state index in [4.69, 9.17) is 4.74 Å². The van der Waals surface area contributed by atoms with Crippen molar-refractivity contribution in [3.8, 4) is 0 Å². The molecule has 0 aliphatic rings. The molecule has 0 fully saturated rings. The van der Waals surface area contributed by atoms with Gasteiger partial charge in [0.05, 0.1) is 6.10 Å². The van der Waals surface area contributed by atoms with E-state index in [0.717, 1.165) is 19.4 Å². The van der Waals surface area contributed by atoms with E-state index >= 15 is 0 Å². The molecule has 1 heteroatoms. The van der Waals surface area contributed by atoms with Crippen molar-refractivity contribution >= 4 is 0 Å². The van der Waals surface area contributed by atoms with Gasteiger partial charge in [-0.3, -0.25) is 0 Å². The van der Waals surface area contributed by atoms with Gasteiger partial charge in [0.15, 0.2) is 0 Å². The van der Waals surface area contributed by atoms with Crippen LogP contribution < -0.4 is 0 Å². The maximum atomic E-state index is 6.02. The summed E-state index contributed by atoms with van der Waals surface area (Å²) in [7, 11) is 0. The minimum Gasteiger partial charge on any atom is -0.374 e. The largest absolute Gasteiger partial charge is 0.374 e. The molecule has 20 heavy (non-hydrogen) atoms. The van der Waals surface area contributed by atoms with Crippen LogP contribution in [0, 0.1) is 0 Å². The van der Waals surface area contributed by atoms with Gasteiger partial charge in [-0.1, -0.05) is 89.1 Å². The summed E-state index contributed by atoms with van der Waals surface area (Å²) in [5.41, 5.74) is 1.34. The third-order valence-electron chi connectivity index (χ3n) is 3.76. The number of hydrogen-bond acceptors (Lipinski definition) is 1. The van der Waals surface area contributed by atoms with Crippen molar-refractivity contribution in [1.82, 2.24) is 0 Å². The summed E-state index contributed by atoms with van der Waals surface area (Å²) < 4.78 is 6.02. The van der Waals surface area contributed by atoms with Crippen LogP contribution >= 0.6 is 0 Å². The molecule has 1 nitrogen and oxygen atoms in total. The number of benzene rings is 1. The zero-order chi connectivity index (χ0) is 14.5. The summed E-state index contributed by atoms with van der Waals surface area (Å²) in [4.78, 5) is 0. The van der Waals surface area contributed by atoms with Crippen LogP contribution in [0.3, 0.4) is 0 Å². The van der Waals surface area contributed by atoms with Crippen LogP contribution in [0.4, 0.5) is 0 Å². The molecular weight excluding hydrogens is 244 g/mol. The molecule has 1 aromatic rings. The Kier molecular flexibility index (Phi) is 10.3. The molecular formula is C19H32O. The lowest BCUT2D eigenvalue weighted by Gasteiger charge is -2.18. The van der Waals surface area contributed by atoms with E-state index in [9.17, 15) is 0 Å².